The van der Waals surface area contributed by atoms with E-state index in [9.17, 15) is 13.2 Å². The zero-order valence-corrected chi connectivity index (χ0v) is 15.2. The fraction of sp³-hybridized carbons (Fsp3) is 0.533. The van der Waals surface area contributed by atoms with Crippen molar-refractivity contribution < 1.29 is 13.2 Å². The van der Waals surface area contributed by atoms with Gasteiger partial charge in [0.15, 0.2) is 0 Å². The number of hydrogen-bond acceptors (Lipinski definition) is 3. The lowest BCUT2D eigenvalue weighted by molar-refractivity contribution is -0.120. The number of rotatable bonds is 5. The van der Waals surface area contributed by atoms with E-state index in [2.05, 4.69) is 5.32 Å². The summed E-state index contributed by atoms with van der Waals surface area (Å²) in [6.45, 7) is 2.52. The third kappa shape index (κ3) is 4.83. The molecular weight excluding hydrogens is 359 g/mol. The second-order valence-electron chi connectivity index (χ2n) is 5.63. The summed E-state index contributed by atoms with van der Waals surface area (Å²) < 4.78 is 25.8. The van der Waals surface area contributed by atoms with E-state index in [-0.39, 0.29) is 24.1 Å². The zero-order chi connectivity index (χ0) is 17.0. The topological polar surface area (TPSA) is 66.5 Å². The molecule has 1 saturated heterocycles. The molecule has 1 aromatic carbocycles. The highest BCUT2D eigenvalue weighted by Crippen LogP contribution is 2.27. The average molecular weight is 379 g/mol. The van der Waals surface area contributed by atoms with Gasteiger partial charge in [-0.1, -0.05) is 30.1 Å². The van der Waals surface area contributed by atoms with Crippen molar-refractivity contribution in [2.75, 3.05) is 24.2 Å². The number of nitrogens with zero attached hydrogens (tertiary/aromatic N) is 1. The van der Waals surface area contributed by atoms with Crippen molar-refractivity contribution in [3.05, 3.63) is 28.2 Å². The van der Waals surface area contributed by atoms with Gasteiger partial charge in [0.1, 0.15) is 0 Å². The number of carbonyl (C=O) groups is 1. The van der Waals surface area contributed by atoms with Gasteiger partial charge in [-0.2, -0.15) is 0 Å². The van der Waals surface area contributed by atoms with E-state index in [4.69, 9.17) is 23.2 Å². The molecule has 1 aliphatic heterocycles. The lowest BCUT2D eigenvalue weighted by Gasteiger charge is -2.31. The van der Waals surface area contributed by atoms with Crippen LogP contribution in [0.3, 0.4) is 0 Å². The number of carbonyl (C=O) groups excluding carboxylic acids is 1. The molecule has 0 unspecified atom stereocenters. The Bertz CT molecular complexity index is 679. The number of nitrogens with one attached hydrogen (secondary N) is 1. The third-order valence-corrected chi connectivity index (χ3v) is 6.40. The molecule has 1 aromatic rings. The van der Waals surface area contributed by atoms with Crippen LogP contribution in [0.2, 0.25) is 10.0 Å². The van der Waals surface area contributed by atoms with Gasteiger partial charge in [0, 0.05) is 18.1 Å². The van der Waals surface area contributed by atoms with Crippen LogP contribution in [0.15, 0.2) is 18.2 Å². The Morgan fingerprint density at radius 2 is 2.13 bits per heavy atom. The van der Waals surface area contributed by atoms with E-state index in [0.29, 0.717) is 41.5 Å². The number of anilines is 1. The number of benzene rings is 1. The van der Waals surface area contributed by atoms with Gasteiger partial charge < -0.3 is 5.32 Å². The van der Waals surface area contributed by atoms with Crippen molar-refractivity contribution in [2.45, 2.75) is 26.2 Å². The first kappa shape index (κ1) is 18.5. The van der Waals surface area contributed by atoms with Crippen molar-refractivity contribution in [3.63, 3.8) is 0 Å². The van der Waals surface area contributed by atoms with Crippen molar-refractivity contribution in [2.24, 2.45) is 5.92 Å². The van der Waals surface area contributed by atoms with E-state index < -0.39 is 10.0 Å². The highest BCUT2D eigenvalue weighted by Gasteiger charge is 2.32. The van der Waals surface area contributed by atoms with Crippen molar-refractivity contribution in [1.82, 2.24) is 4.31 Å². The lowest BCUT2D eigenvalue weighted by Crippen LogP contribution is -2.44. The first-order valence-electron chi connectivity index (χ1n) is 7.57. The van der Waals surface area contributed by atoms with Crippen molar-refractivity contribution >= 4 is 44.8 Å². The van der Waals surface area contributed by atoms with Crippen LogP contribution >= 0.6 is 23.2 Å². The number of sulfonamides is 1. The molecule has 0 aliphatic carbocycles. The van der Waals surface area contributed by atoms with Crippen LogP contribution in [0.1, 0.15) is 26.2 Å². The summed E-state index contributed by atoms with van der Waals surface area (Å²) in [5, 5.41) is 3.62. The molecule has 128 valence electrons. The Morgan fingerprint density at radius 3 is 2.83 bits per heavy atom. The summed E-state index contributed by atoms with van der Waals surface area (Å²) >= 11 is 11.9. The molecule has 0 radical (unpaired) electrons. The highest BCUT2D eigenvalue weighted by atomic mass is 35.5. The summed E-state index contributed by atoms with van der Waals surface area (Å²) in [5.74, 6) is -0.502. The Kier molecular flexibility index (Phi) is 6.31. The molecule has 23 heavy (non-hydrogen) atoms. The molecule has 1 amide bonds. The molecule has 1 atom stereocenters. The summed E-state index contributed by atoms with van der Waals surface area (Å²) in [4.78, 5) is 12.4. The largest absolute Gasteiger partial charge is 0.324 e. The maximum absolute atomic E-state index is 12.4. The second-order valence-corrected chi connectivity index (χ2v) is 8.56. The summed E-state index contributed by atoms with van der Waals surface area (Å²) in [6, 6.07) is 4.83. The van der Waals surface area contributed by atoms with E-state index in [1.54, 1.807) is 18.2 Å². The van der Waals surface area contributed by atoms with Crippen LogP contribution in [0.4, 0.5) is 5.69 Å². The summed E-state index contributed by atoms with van der Waals surface area (Å²) in [6.07, 6.45) is 1.89. The Balaban J connectivity index is 2.06. The van der Waals surface area contributed by atoms with E-state index in [1.807, 2.05) is 6.92 Å². The van der Waals surface area contributed by atoms with Gasteiger partial charge in [-0.25, -0.2) is 12.7 Å². The number of hydrogen-bond donors (Lipinski definition) is 1. The molecule has 1 heterocycles. The van der Waals surface area contributed by atoms with Gasteiger partial charge in [-0.05, 0) is 37.5 Å². The Hall–Kier alpha value is -0.820. The van der Waals surface area contributed by atoms with Crippen molar-refractivity contribution in [3.8, 4) is 0 Å². The quantitative estimate of drug-likeness (QED) is 0.853. The predicted octanol–water partition coefficient (Wildman–Crippen LogP) is 3.38. The fourth-order valence-electron chi connectivity index (χ4n) is 2.62. The Morgan fingerprint density at radius 1 is 1.39 bits per heavy atom. The highest BCUT2D eigenvalue weighted by molar-refractivity contribution is 7.89. The van der Waals surface area contributed by atoms with E-state index in [1.165, 1.54) is 4.31 Å². The number of halogens is 2. The molecule has 0 aromatic heterocycles. The molecule has 0 bridgehead atoms. The monoisotopic (exact) mass is 378 g/mol. The molecule has 5 nitrogen and oxygen atoms in total. The van der Waals surface area contributed by atoms with Gasteiger partial charge in [0.2, 0.25) is 15.9 Å². The molecule has 8 heteroatoms. The first-order chi connectivity index (χ1) is 10.8. The molecule has 1 aliphatic rings. The average Bonchev–Trinajstić information content (AvgIpc) is 2.51. The third-order valence-electron chi connectivity index (χ3n) is 3.80. The van der Waals surface area contributed by atoms with Gasteiger partial charge in [-0.15, -0.1) is 0 Å². The molecule has 1 fully saturated rings. The smallest absolute Gasteiger partial charge is 0.228 e. The fourth-order valence-corrected chi connectivity index (χ4v) is 4.55. The van der Waals surface area contributed by atoms with Crippen LogP contribution in [-0.2, 0) is 14.8 Å². The van der Waals surface area contributed by atoms with Crippen molar-refractivity contribution in [1.29, 1.82) is 0 Å². The van der Waals surface area contributed by atoms with Gasteiger partial charge >= 0.3 is 0 Å². The maximum atomic E-state index is 12.4. The van der Waals surface area contributed by atoms with Crippen LogP contribution in [0, 0.1) is 5.92 Å². The summed E-state index contributed by atoms with van der Waals surface area (Å²) in [5.41, 5.74) is 0.442. The van der Waals surface area contributed by atoms with Crippen LogP contribution in [-0.4, -0.2) is 37.5 Å². The number of piperidine rings is 1. The van der Waals surface area contributed by atoms with Crippen LogP contribution in [0.5, 0.6) is 0 Å². The minimum absolute atomic E-state index is 0.113. The minimum atomic E-state index is -3.28. The van der Waals surface area contributed by atoms with Crippen LogP contribution in [0.25, 0.3) is 0 Å². The maximum Gasteiger partial charge on any atom is 0.228 e. The minimum Gasteiger partial charge on any atom is -0.324 e. The zero-order valence-electron chi connectivity index (χ0n) is 12.9. The van der Waals surface area contributed by atoms with E-state index in [0.717, 1.165) is 0 Å². The van der Waals surface area contributed by atoms with Crippen LogP contribution < -0.4 is 5.32 Å². The van der Waals surface area contributed by atoms with E-state index >= 15 is 0 Å². The van der Waals surface area contributed by atoms with Gasteiger partial charge in [0.05, 0.1) is 22.4 Å². The SMILES string of the molecule is CCCS(=O)(=O)N1CCC[C@H](C(=O)Nc2cc(Cl)ccc2Cl)C1. The second kappa shape index (κ2) is 7.83. The number of amides is 1. The lowest BCUT2D eigenvalue weighted by atomic mass is 9.99. The molecular formula is C15H20Cl2N2O3S. The molecule has 1 N–H and O–H groups in total. The molecule has 0 saturated carbocycles. The Labute approximate surface area is 147 Å². The first-order valence-corrected chi connectivity index (χ1v) is 9.93. The molecule has 2 rings (SSSR count). The summed E-state index contributed by atoms with van der Waals surface area (Å²) in [7, 11) is -3.28. The normalized spacial score (nSPS) is 19.5. The molecule has 0 spiro atoms. The predicted molar refractivity (Wildman–Crippen MR) is 93.5 cm³/mol. The van der Waals surface area contributed by atoms with Gasteiger partial charge in [0.25, 0.3) is 0 Å². The standard InChI is InChI=1S/C15H20Cl2N2O3S/c1-2-8-23(21,22)19-7-3-4-11(10-19)15(20)18-14-9-12(16)5-6-13(14)17/h5-6,9,11H,2-4,7-8,10H2,1H3,(H,18,20)/t11-/m0/s1. The van der Waals surface area contributed by atoms with Gasteiger partial charge in [-0.3, -0.25) is 4.79 Å².